The summed E-state index contributed by atoms with van der Waals surface area (Å²) in [7, 11) is 0. The zero-order valence-corrected chi connectivity index (χ0v) is 13.3. The van der Waals surface area contributed by atoms with Crippen LogP contribution in [0.15, 0.2) is 53.6 Å². The predicted octanol–water partition coefficient (Wildman–Crippen LogP) is 3.51. The van der Waals surface area contributed by atoms with Crippen molar-refractivity contribution in [3.63, 3.8) is 0 Å². The number of hydrogen-bond donors (Lipinski definition) is 0. The number of aromatic nitrogens is 3. The van der Waals surface area contributed by atoms with Crippen LogP contribution in [0.1, 0.15) is 24.6 Å². The summed E-state index contributed by atoms with van der Waals surface area (Å²) in [6.45, 7) is 2.90. The first-order valence-electron chi connectivity index (χ1n) is 8.19. The van der Waals surface area contributed by atoms with Gasteiger partial charge in [-0.25, -0.2) is 9.37 Å². The molecular formula is C18H19FN4O. The average molecular weight is 326 g/mol. The second kappa shape index (κ2) is 6.57. The third-order valence-electron chi connectivity index (χ3n) is 4.60. The first-order chi connectivity index (χ1) is 11.8. The van der Waals surface area contributed by atoms with Crippen molar-refractivity contribution in [1.29, 1.82) is 0 Å². The highest BCUT2D eigenvalue weighted by Gasteiger charge is 2.21. The van der Waals surface area contributed by atoms with E-state index in [1.165, 1.54) is 12.1 Å². The maximum atomic E-state index is 13.0. The normalized spacial score (nSPS) is 16.5. The van der Waals surface area contributed by atoms with Crippen molar-refractivity contribution in [1.82, 2.24) is 19.6 Å². The zero-order chi connectivity index (χ0) is 16.4. The minimum atomic E-state index is -0.224. The highest BCUT2D eigenvalue weighted by molar-refractivity contribution is 5.57. The van der Waals surface area contributed by atoms with Crippen molar-refractivity contribution in [2.24, 2.45) is 0 Å². The molecular weight excluding hydrogens is 307 g/mol. The number of nitrogens with zero attached hydrogens (tertiary/aromatic N) is 4. The van der Waals surface area contributed by atoms with Crippen LogP contribution in [-0.2, 0) is 6.54 Å². The first kappa shape index (κ1) is 15.1. The number of imidazole rings is 1. The molecule has 0 radical (unpaired) electrons. The van der Waals surface area contributed by atoms with E-state index in [1.54, 1.807) is 18.4 Å². The Morgan fingerprint density at radius 2 is 1.92 bits per heavy atom. The van der Waals surface area contributed by atoms with Crippen LogP contribution in [0.2, 0.25) is 0 Å². The molecule has 124 valence electrons. The van der Waals surface area contributed by atoms with Crippen molar-refractivity contribution >= 4 is 0 Å². The molecule has 0 amide bonds. The molecule has 0 spiro atoms. The number of halogens is 1. The van der Waals surface area contributed by atoms with E-state index >= 15 is 0 Å². The Morgan fingerprint density at radius 1 is 1.12 bits per heavy atom. The van der Waals surface area contributed by atoms with Gasteiger partial charge in [-0.15, -0.1) is 0 Å². The van der Waals surface area contributed by atoms with E-state index in [0.717, 1.165) is 49.4 Å². The smallest absolute Gasteiger partial charge is 0.124 e. The lowest BCUT2D eigenvalue weighted by atomic mass is 10.0. The second-order valence-electron chi connectivity index (χ2n) is 6.21. The van der Waals surface area contributed by atoms with Gasteiger partial charge < -0.3 is 9.09 Å². The van der Waals surface area contributed by atoms with E-state index in [2.05, 4.69) is 25.8 Å². The minimum absolute atomic E-state index is 0.224. The number of hydrogen-bond acceptors (Lipinski definition) is 4. The molecule has 0 aliphatic carbocycles. The van der Waals surface area contributed by atoms with Gasteiger partial charge >= 0.3 is 0 Å². The van der Waals surface area contributed by atoms with E-state index in [0.29, 0.717) is 6.04 Å². The van der Waals surface area contributed by atoms with Crippen LogP contribution in [0, 0.1) is 5.82 Å². The third-order valence-corrected chi connectivity index (χ3v) is 4.60. The molecule has 1 aliphatic heterocycles. The number of rotatable bonds is 4. The fourth-order valence-corrected chi connectivity index (χ4v) is 3.23. The third kappa shape index (κ3) is 3.23. The van der Waals surface area contributed by atoms with Gasteiger partial charge in [0, 0.05) is 43.5 Å². The Hall–Kier alpha value is -2.47. The summed E-state index contributed by atoms with van der Waals surface area (Å²) in [5.74, 6) is -0.224. The molecule has 2 aromatic heterocycles. The van der Waals surface area contributed by atoms with Crippen LogP contribution < -0.4 is 0 Å². The molecule has 1 aliphatic rings. The molecule has 0 saturated carbocycles. The maximum Gasteiger partial charge on any atom is 0.124 e. The zero-order valence-electron chi connectivity index (χ0n) is 13.3. The molecule has 24 heavy (non-hydrogen) atoms. The van der Waals surface area contributed by atoms with Crippen LogP contribution in [0.3, 0.4) is 0 Å². The quantitative estimate of drug-likeness (QED) is 0.736. The maximum absolute atomic E-state index is 13.0. The lowest BCUT2D eigenvalue weighted by Gasteiger charge is -2.31. The van der Waals surface area contributed by atoms with Gasteiger partial charge in [0.1, 0.15) is 12.1 Å². The molecule has 1 aromatic carbocycles. The number of likely N-dealkylation sites (tertiary alicyclic amines) is 1. The summed E-state index contributed by atoms with van der Waals surface area (Å²) in [5, 5.41) is 3.97. The monoisotopic (exact) mass is 326 g/mol. The van der Waals surface area contributed by atoms with Crippen LogP contribution in [-0.4, -0.2) is 32.7 Å². The summed E-state index contributed by atoms with van der Waals surface area (Å²) in [6.07, 6.45) is 7.72. The SMILES string of the molecule is Fc1ccc(-c2cn(C3CCN(Cc4ccon4)CC3)cn2)cc1. The van der Waals surface area contributed by atoms with Crippen LogP contribution in [0.5, 0.6) is 0 Å². The van der Waals surface area contributed by atoms with Gasteiger partial charge in [-0.2, -0.15) is 0 Å². The van der Waals surface area contributed by atoms with Crippen molar-refractivity contribution in [3.05, 3.63) is 60.6 Å². The highest BCUT2D eigenvalue weighted by Crippen LogP contribution is 2.26. The molecule has 0 unspecified atom stereocenters. The molecule has 5 nitrogen and oxygen atoms in total. The number of piperidine rings is 1. The summed E-state index contributed by atoms with van der Waals surface area (Å²) < 4.78 is 20.1. The van der Waals surface area contributed by atoms with Gasteiger partial charge in [0.15, 0.2) is 0 Å². The van der Waals surface area contributed by atoms with Gasteiger partial charge in [-0.1, -0.05) is 5.16 Å². The Kier molecular flexibility index (Phi) is 4.13. The molecule has 0 bridgehead atoms. The molecule has 4 rings (SSSR count). The molecule has 0 N–H and O–H groups in total. The van der Waals surface area contributed by atoms with E-state index in [1.807, 2.05) is 12.4 Å². The average Bonchev–Trinajstić information content (AvgIpc) is 3.28. The molecule has 0 atom stereocenters. The van der Waals surface area contributed by atoms with E-state index in [9.17, 15) is 4.39 Å². The highest BCUT2D eigenvalue weighted by atomic mass is 19.1. The fraction of sp³-hybridized carbons (Fsp3) is 0.333. The van der Waals surface area contributed by atoms with Crippen LogP contribution in [0.4, 0.5) is 4.39 Å². The summed E-state index contributed by atoms with van der Waals surface area (Å²) in [5.41, 5.74) is 2.81. The van der Waals surface area contributed by atoms with Crippen molar-refractivity contribution in [3.8, 4) is 11.3 Å². The van der Waals surface area contributed by atoms with Gasteiger partial charge in [-0.05, 0) is 37.1 Å². The van der Waals surface area contributed by atoms with Crippen molar-refractivity contribution in [2.45, 2.75) is 25.4 Å². The summed E-state index contributed by atoms with van der Waals surface area (Å²) in [4.78, 5) is 6.87. The Bertz CT molecular complexity index is 774. The van der Waals surface area contributed by atoms with Crippen molar-refractivity contribution in [2.75, 3.05) is 13.1 Å². The van der Waals surface area contributed by atoms with Crippen LogP contribution >= 0.6 is 0 Å². The standard InChI is InChI=1S/C18H19FN4O/c19-15-3-1-14(2-4-15)18-12-23(13-20-18)17-5-8-22(9-6-17)11-16-7-10-24-21-16/h1-4,7,10,12-13,17H,5-6,8-9,11H2. The van der Waals surface area contributed by atoms with E-state index in [4.69, 9.17) is 4.52 Å². The largest absolute Gasteiger partial charge is 0.364 e. The van der Waals surface area contributed by atoms with Crippen molar-refractivity contribution < 1.29 is 8.91 Å². The van der Waals surface area contributed by atoms with Gasteiger partial charge in [0.2, 0.25) is 0 Å². The van der Waals surface area contributed by atoms with Gasteiger partial charge in [0.25, 0.3) is 0 Å². The van der Waals surface area contributed by atoms with Gasteiger partial charge in [0.05, 0.1) is 17.7 Å². The first-order valence-corrected chi connectivity index (χ1v) is 8.19. The molecule has 1 saturated heterocycles. The lowest BCUT2D eigenvalue weighted by molar-refractivity contribution is 0.175. The summed E-state index contributed by atoms with van der Waals surface area (Å²) >= 11 is 0. The molecule has 1 fully saturated rings. The lowest BCUT2D eigenvalue weighted by Crippen LogP contribution is -2.34. The van der Waals surface area contributed by atoms with E-state index in [-0.39, 0.29) is 5.82 Å². The van der Waals surface area contributed by atoms with E-state index < -0.39 is 0 Å². The predicted molar refractivity (Wildman–Crippen MR) is 87.7 cm³/mol. The fourth-order valence-electron chi connectivity index (χ4n) is 3.23. The minimum Gasteiger partial charge on any atom is -0.364 e. The Labute approximate surface area is 139 Å². The van der Waals surface area contributed by atoms with Gasteiger partial charge in [-0.3, -0.25) is 4.90 Å². The Morgan fingerprint density at radius 3 is 2.62 bits per heavy atom. The molecule has 3 aromatic rings. The Balaban J connectivity index is 1.38. The molecule has 6 heteroatoms. The number of benzene rings is 1. The molecule has 3 heterocycles. The topological polar surface area (TPSA) is 47.1 Å². The second-order valence-corrected chi connectivity index (χ2v) is 6.21. The van der Waals surface area contributed by atoms with Crippen LogP contribution in [0.25, 0.3) is 11.3 Å². The summed E-state index contributed by atoms with van der Waals surface area (Å²) in [6, 6.07) is 8.84.